The molecule has 6 heteroatoms. The second kappa shape index (κ2) is 6.61. The summed E-state index contributed by atoms with van der Waals surface area (Å²) in [6.07, 6.45) is 4.00. The molecule has 1 aliphatic heterocycles. The minimum atomic E-state index is 0.798. The average Bonchev–Trinajstić information content (AvgIpc) is 3.20. The van der Waals surface area contributed by atoms with Crippen molar-refractivity contribution in [1.29, 1.82) is 0 Å². The zero-order chi connectivity index (χ0) is 15.6. The quantitative estimate of drug-likeness (QED) is 0.784. The highest BCUT2D eigenvalue weighted by atomic mass is 35.5. The lowest BCUT2D eigenvalue weighted by molar-refractivity contribution is 0.122. The number of nitrogens with one attached hydrogen (secondary N) is 1. The van der Waals surface area contributed by atoms with Gasteiger partial charge in [0.25, 0.3) is 0 Å². The number of hydrogen-bond donors (Lipinski definition) is 1. The van der Waals surface area contributed by atoms with Gasteiger partial charge in [0.1, 0.15) is 5.01 Å². The fourth-order valence-corrected chi connectivity index (χ4v) is 3.98. The minimum absolute atomic E-state index is 0.798. The Hall–Kier alpha value is -1.40. The number of fused-ring (bicyclic) bond motifs is 1. The van der Waals surface area contributed by atoms with E-state index in [1.54, 1.807) is 11.3 Å². The molecule has 0 amide bonds. The topological polar surface area (TPSA) is 35.2 Å². The molecular formula is C17H19ClN4S. The molecule has 120 valence electrons. The molecule has 0 saturated carbocycles. The maximum absolute atomic E-state index is 6.14. The van der Waals surface area contributed by atoms with E-state index in [1.807, 2.05) is 23.7 Å². The van der Waals surface area contributed by atoms with Crippen LogP contribution in [0.5, 0.6) is 0 Å². The maximum atomic E-state index is 6.14. The summed E-state index contributed by atoms with van der Waals surface area (Å²) < 4.78 is 0. The third-order valence-corrected chi connectivity index (χ3v) is 5.43. The summed E-state index contributed by atoms with van der Waals surface area (Å²) in [5.74, 6) is 0. The van der Waals surface area contributed by atoms with Crippen molar-refractivity contribution in [1.82, 2.24) is 19.8 Å². The van der Waals surface area contributed by atoms with Crippen LogP contribution >= 0.6 is 22.9 Å². The van der Waals surface area contributed by atoms with E-state index in [4.69, 9.17) is 11.6 Å². The number of benzene rings is 1. The highest BCUT2D eigenvalue weighted by Crippen LogP contribution is 2.24. The number of nitrogens with zero attached hydrogens (tertiary/aromatic N) is 3. The molecule has 1 aliphatic rings. The highest BCUT2D eigenvalue weighted by Gasteiger charge is 2.18. The predicted octanol–water partition coefficient (Wildman–Crippen LogP) is 3.60. The summed E-state index contributed by atoms with van der Waals surface area (Å²) in [7, 11) is 0. The van der Waals surface area contributed by atoms with Gasteiger partial charge in [-0.3, -0.25) is 9.80 Å². The number of halogens is 1. The van der Waals surface area contributed by atoms with Gasteiger partial charge in [-0.25, -0.2) is 4.98 Å². The first-order chi connectivity index (χ1) is 11.3. The second-order valence-corrected chi connectivity index (χ2v) is 7.40. The molecule has 3 aromatic rings. The normalized spacial score (nSPS) is 17.1. The van der Waals surface area contributed by atoms with E-state index < -0.39 is 0 Å². The summed E-state index contributed by atoms with van der Waals surface area (Å²) in [6.45, 7) is 6.35. The Labute approximate surface area is 144 Å². The summed E-state index contributed by atoms with van der Waals surface area (Å²) in [5.41, 5.74) is 2.49. The van der Waals surface area contributed by atoms with Crippen LogP contribution in [0.1, 0.15) is 10.6 Å². The van der Waals surface area contributed by atoms with Crippen LogP contribution in [0.4, 0.5) is 0 Å². The van der Waals surface area contributed by atoms with E-state index in [0.717, 1.165) is 49.8 Å². The van der Waals surface area contributed by atoms with Gasteiger partial charge in [0.15, 0.2) is 0 Å². The van der Waals surface area contributed by atoms with Crippen LogP contribution in [-0.2, 0) is 13.1 Å². The molecule has 0 spiro atoms. The summed E-state index contributed by atoms with van der Waals surface area (Å²) in [6, 6.07) is 6.04. The molecule has 1 saturated heterocycles. The summed E-state index contributed by atoms with van der Waals surface area (Å²) in [5, 5.41) is 5.30. The van der Waals surface area contributed by atoms with Gasteiger partial charge < -0.3 is 4.98 Å². The minimum Gasteiger partial charge on any atom is -0.361 e. The SMILES string of the molecule is Clc1ccc2[nH]cc(CN3CCN(Cc4nccs4)CC3)c2c1. The Morgan fingerprint density at radius 3 is 2.65 bits per heavy atom. The van der Waals surface area contributed by atoms with Crippen molar-refractivity contribution in [2.75, 3.05) is 26.2 Å². The number of hydrogen-bond acceptors (Lipinski definition) is 4. The van der Waals surface area contributed by atoms with E-state index in [-0.39, 0.29) is 0 Å². The Balaban J connectivity index is 1.38. The molecule has 0 bridgehead atoms. The molecule has 1 fully saturated rings. The van der Waals surface area contributed by atoms with Crippen molar-refractivity contribution < 1.29 is 0 Å². The van der Waals surface area contributed by atoms with Gasteiger partial charge in [-0.1, -0.05) is 11.6 Å². The standard InChI is InChI=1S/C17H19ClN4S/c18-14-1-2-16-15(9-14)13(10-20-16)11-21-4-6-22(7-5-21)12-17-19-3-8-23-17/h1-3,8-10,20H,4-7,11-12H2. The number of rotatable bonds is 4. The van der Waals surface area contributed by atoms with Crippen molar-refractivity contribution in [3.05, 3.63) is 51.6 Å². The summed E-state index contributed by atoms with van der Waals surface area (Å²) >= 11 is 7.88. The molecule has 2 aromatic heterocycles. The Kier molecular flexibility index (Phi) is 4.35. The van der Waals surface area contributed by atoms with Gasteiger partial charge in [-0.05, 0) is 23.8 Å². The van der Waals surface area contributed by atoms with Crippen molar-refractivity contribution in [3.63, 3.8) is 0 Å². The van der Waals surface area contributed by atoms with Crippen molar-refractivity contribution in [2.24, 2.45) is 0 Å². The molecule has 0 aliphatic carbocycles. The van der Waals surface area contributed by atoms with Crippen LogP contribution in [0.3, 0.4) is 0 Å². The zero-order valence-corrected chi connectivity index (χ0v) is 14.4. The lowest BCUT2D eigenvalue weighted by Gasteiger charge is -2.34. The first kappa shape index (κ1) is 15.1. The van der Waals surface area contributed by atoms with E-state index in [9.17, 15) is 0 Å². The molecule has 1 aromatic carbocycles. The van der Waals surface area contributed by atoms with Gasteiger partial charge in [-0.2, -0.15) is 0 Å². The van der Waals surface area contributed by atoms with Crippen LogP contribution in [0, 0.1) is 0 Å². The van der Waals surface area contributed by atoms with Gasteiger partial charge in [0.05, 0.1) is 6.54 Å². The van der Waals surface area contributed by atoms with Crippen LogP contribution < -0.4 is 0 Å². The fraction of sp³-hybridized carbons (Fsp3) is 0.353. The van der Waals surface area contributed by atoms with Gasteiger partial charge in [0.2, 0.25) is 0 Å². The van der Waals surface area contributed by atoms with E-state index >= 15 is 0 Å². The maximum Gasteiger partial charge on any atom is 0.107 e. The Morgan fingerprint density at radius 2 is 1.91 bits per heavy atom. The van der Waals surface area contributed by atoms with Gasteiger partial charge >= 0.3 is 0 Å². The van der Waals surface area contributed by atoms with Gasteiger partial charge in [-0.15, -0.1) is 11.3 Å². The molecule has 23 heavy (non-hydrogen) atoms. The predicted molar refractivity (Wildman–Crippen MR) is 96.0 cm³/mol. The molecule has 0 atom stereocenters. The fourth-order valence-electron chi connectivity index (χ4n) is 3.15. The van der Waals surface area contributed by atoms with Crippen LogP contribution in [-0.4, -0.2) is 45.9 Å². The number of aromatic nitrogens is 2. The van der Waals surface area contributed by atoms with Crippen LogP contribution in [0.15, 0.2) is 36.0 Å². The molecule has 3 heterocycles. The molecule has 1 N–H and O–H groups in total. The third kappa shape index (κ3) is 3.43. The van der Waals surface area contributed by atoms with E-state index in [2.05, 4.69) is 32.0 Å². The van der Waals surface area contributed by atoms with Crippen molar-refractivity contribution in [3.8, 4) is 0 Å². The van der Waals surface area contributed by atoms with Crippen molar-refractivity contribution >= 4 is 33.8 Å². The Morgan fingerprint density at radius 1 is 1.13 bits per heavy atom. The largest absolute Gasteiger partial charge is 0.361 e. The van der Waals surface area contributed by atoms with Crippen molar-refractivity contribution in [2.45, 2.75) is 13.1 Å². The second-order valence-electron chi connectivity index (χ2n) is 5.98. The average molecular weight is 347 g/mol. The number of piperazine rings is 1. The number of thiazole rings is 1. The summed E-state index contributed by atoms with van der Waals surface area (Å²) in [4.78, 5) is 12.7. The zero-order valence-electron chi connectivity index (χ0n) is 12.8. The monoisotopic (exact) mass is 346 g/mol. The molecule has 4 nitrogen and oxygen atoms in total. The smallest absolute Gasteiger partial charge is 0.107 e. The first-order valence-corrected chi connectivity index (χ1v) is 9.12. The molecule has 0 unspecified atom stereocenters. The number of H-pyrrole nitrogens is 1. The van der Waals surface area contributed by atoms with Crippen LogP contribution in [0.2, 0.25) is 5.02 Å². The lowest BCUT2D eigenvalue weighted by Crippen LogP contribution is -2.45. The van der Waals surface area contributed by atoms with E-state index in [0.29, 0.717) is 0 Å². The lowest BCUT2D eigenvalue weighted by atomic mass is 10.1. The molecule has 0 radical (unpaired) electrons. The molecular weight excluding hydrogens is 328 g/mol. The molecule has 4 rings (SSSR count). The first-order valence-electron chi connectivity index (χ1n) is 7.86. The Bertz CT molecular complexity index is 775. The highest BCUT2D eigenvalue weighted by molar-refractivity contribution is 7.09. The van der Waals surface area contributed by atoms with Crippen LogP contribution in [0.25, 0.3) is 10.9 Å². The van der Waals surface area contributed by atoms with Gasteiger partial charge in [0, 0.05) is 66.4 Å². The van der Waals surface area contributed by atoms with E-state index in [1.165, 1.54) is 16.0 Å². The third-order valence-electron chi connectivity index (χ3n) is 4.43. The number of aromatic amines is 1.